The van der Waals surface area contributed by atoms with Crippen LogP contribution in [0.4, 0.5) is 0 Å². The number of imidazole rings is 1. The lowest BCUT2D eigenvalue weighted by molar-refractivity contribution is 0.0955. The molecule has 0 radical (unpaired) electrons. The van der Waals surface area contributed by atoms with Crippen LogP contribution in [-0.2, 0) is 20.6 Å². The minimum absolute atomic E-state index is 0.104. The van der Waals surface area contributed by atoms with Crippen LogP contribution in [0.25, 0.3) is 16.7 Å². The van der Waals surface area contributed by atoms with Crippen molar-refractivity contribution in [1.82, 2.24) is 24.0 Å². The molecular formula is C18H16BrN5O3. The first-order valence-electron chi connectivity index (χ1n) is 8.26. The van der Waals surface area contributed by atoms with E-state index in [2.05, 4.69) is 26.2 Å². The summed E-state index contributed by atoms with van der Waals surface area (Å²) in [6.07, 6.45) is 3.32. The predicted octanol–water partition coefficient (Wildman–Crippen LogP) is 1.02. The molecular weight excluding hydrogens is 414 g/mol. The summed E-state index contributed by atoms with van der Waals surface area (Å²) in [5, 5.41) is 2.81. The van der Waals surface area contributed by atoms with E-state index in [0.717, 1.165) is 15.6 Å². The van der Waals surface area contributed by atoms with E-state index in [4.69, 9.17) is 0 Å². The first-order chi connectivity index (χ1) is 12.9. The van der Waals surface area contributed by atoms with Gasteiger partial charge in [-0.2, -0.15) is 0 Å². The molecule has 1 amide bonds. The Morgan fingerprint density at radius 3 is 2.78 bits per heavy atom. The van der Waals surface area contributed by atoms with E-state index >= 15 is 0 Å². The van der Waals surface area contributed by atoms with Gasteiger partial charge in [-0.3, -0.25) is 18.7 Å². The van der Waals surface area contributed by atoms with Crippen molar-refractivity contribution in [2.45, 2.75) is 6.54 Å². The molecule has 1 aromatic carbocycles. The number of amides is 1. The molecule has 0 atom stereocenters. The van der Waals surface area contributed by atoms with Gasteiger partial charge in [0.2, 0.25) is 0 Å². The van der Waals surface area contributed by atoms with Crippen molar-refractivity contribution in [3.05, 3.63) is 67.0 Å². The van der Waals surface area contributed by atoms with Gasteiger partial charge in [0.25, 0.3) is 11.5 Å². The summed E-state index contributed by atoms with van der Waals surface area (Å²) in [7, 11) is 3.31. The van der Waals surface area contributed by atoms with Gasteiger partial charge in [0.15, 0.2) is 11.2 Å². The summed E-state index contributed by atoms with van der Waals surface area (Å²) < 4.78 is 4.95. The number of nitrogens with one attached hydrogen (secondary N) is 1. The van der Waals surface area contributed by atoms with Crippen LogP contribution in [0.3, 0.4) is 0 Å². The minimum Gasteiger partial charge on any atom is -0.348 e. The Morgan fingerprint density at radius 2 is 2.00 bits per heavy atom. The number of fused-ring (bicyclic) bond motifs is 2. The Morgan fingerprint density at radius 1 is 1.22 bits per heavy atom. The molecule has 0 spiro atoms. The zero-order chi connectivity index (χ0) is 19.3. The Bertz CT molecular complexity index is 1250. The molecule has 138 valence electrons. The first-order valence-corrected chi connectivity index (χ1v) is 9.06. The largest absolute Gasteiger partial charge is 0.348 e. The van der Waals surface area contributed by atoms with Gasteiger partial charge in [-0.1, -0.05) is 28.1 Å². The molecule has 0 saturated heterocycles. The van der Waals surface area contributed by atoms with E-state index in [9.17, 15) is 14.4 Å². The lowest BCUT2D eigenvalue weighted by atomic mass is 9.95. The highest BCUT2D eigenvalue weighted by molar-refractivity contribution is 9.10. The van der Waals surface area contributed by atoms with Crippen molar-refractivity contribution < 1.29 is 4.79 Å². The molecule has 8 nitrogen and oxygen atoms in total. The van der Waals surface area contributed by atoms with Crippen molar-refractivity contribution in [3.63, 3.8) is 0 Å². The van der Waals surface area contributed by atoms with Gasteiger partial charge >= 0.3 is 5.69 Å². The lowest BCUT2D eigenvalue weighted by Crippen LogP contribution is -2.39. The number of nitrogens with zero attached hydrogens (tertiary/aromatic N) is 4. The van der Waals surface area contributed by atoms with Gasteiger partial charge in [0, 0.05) is 37.2 Å². The maximum atomic E-state index is 12.8. The Kier molecular flexibility index (Phi) is 4.11. The number of allylic oxidation sites excluding steroid dienone is 1. The van der Waals surface area contributed by atoms with Crippen molar-refractivity contribution >= 4 is 38.6 Å². The molecule has 0 unspecified atom stereocenters. The second-order valence-electron chi connectivity index (χ2n) is 6.39. The topological polar surface area (TPSA) is 90.9 Å². The van der Waals surface area contributed by atoms with Crippen molar-refractivity contribution in [3.8, 4) is 0 Å². The fourth-order valence-corrected chi connectivity index (χ4v) is 3.65. The smallest absolute Gasteiger partial charge is 0.332 e. The van der Waals surface area contributed by atoms with Crippen molar-refractivity contribution in [2.75, 3.05) is 6.54 Å². The van der Waals surface area contributed by atoms with Crippen LogP contribution in [0.15, 0.2) is 44.7 Å². The minimum atomic E-state index is -0.432. The van der Waals surface area contributed by atoms with Crippen LogP contribution in [0, 0.1) is 0 Å². The Hall–Kier alpha value is -2.94. The summed E-state index contributed by atoms with van der Waals surface area (Å²) >= 11 is 3.37. The molecule has 27 heavy (non-hydrogen) atoms. The molecule has 0 fully saturated rings. The number of aryl methyl sites for hydroxylation is 2. The molecule has 4 rings (SSSR count). The van der Waals surface area contributed by atoms with Crippen LogP contribution >= 0.6 is 15.9 Å². The molecule has 2 aromatic heterocycles. The zero-order valence-electron chi connectivity index (χ0n) is 14.7. The molecule has 0 saturated carbocycles. The van der Waals surface area contributed by atoms with Gasteiger partial charge in [-0.05, 0) is 23.3 Å². The van der Waals surface area contributed by atoms with Crippen LogP contribution < -0.4 is 16.6 Å². The molecule has 1 aliphatic heterocycles. The monoisotopic (exact) mass is 429 g/mol. The lowest BCUT2D eigenvalue weighted by Gasteiger charge is -2.20. The summed E-state index contributed by atoms with van der Waals surface area (Å²) in [4.78, 5) is 41.6. The van der Waals surface area contributed by atoms with E-state index in [1.165, 1.54) is 15.5 Å². The third-order valence-electron chi connectivity index (χ3n) is 4.73. The average Bonchev–Trinajstić information content (AvgIpc) is 3.03. The highest BCUT2D eigenvalue weighted by Crippen LogP contribution is 2.26. The fraction of sp³-hybridized carbons (Fsp3) is 0.222. The normalized spacial score (nSPS) is 15.2. The van der Waals surface area contributed by atoms with Gasteiger partial charge in [-0.15, -0.1) is 0 Å². The zero-order valence-corrected chi connectivity index (χ0v) is 16.3. The SMILES string of the molecule is Cn1cnc2c1c(=O)n(C/C=C1\CNC(=O)c3cc(Br)ccc31)c(=O)n2C. The van der Waals surface area contributed by atoms with Gasteiger partial charge in [0.05, 0.1) is 6.33 Å². The number of halogens is 1. The number of carbonyl (C=O) groups excluding carboxylic acids is 1. The highest BCUT2D eigenvalue weighted by Gasteiger charge is 2.21. The van der Waals surface area contributed by atoms with E-state index in [1.54, 1.807) is 30.8 Å². The third-order valence-corrected chi connectivity index (χ3v) is 5.23. The predicted molar refractivity (Wildman–Crippen MR) is 105 cm³/mol. The molecule has 1 aliphatic rings. The molecule has 1 N–H and O–H groups in total. The van der Waals surface area contributed by atoms with Crippen molar-refractivity contribution in [2.24, 2.45) is 14.1 Å². The van der Waals surface area contributed by atoms with Crippen molar-refractivity contribution in [1.29, 1.82) is 0 Å². The highest BCUT2D eigenvalue weighted by atomic mass is 79.9. The number of rotatable bonds is 2. The number of aromatic nitrogens is 4. The first kappa shape index (κ1) is 17.5. The quantitative estimate of drug-likeness (QED) is 0.658. The Balaban J connectivity index is 1.82. The third kappa shape index (κ3) is 2.74. The molecule has 3 heterocycles. The van der Waals surface area contributed by atoms with Crippen LogP contribution in [0.1, 0.15) is 15.9 Å². The fourth-order valence-electron chi connectivity index (χ4n) is 3.29. The molecule has 0 aliphatic carbocycles. The summed E-state index contributed by atoms with van der Waals surface area (Å²) in [5.41, 5.74) is 2.13. The molecule has 3 aromatic rings. The van der Waals surface area contributed by atoms with Crippen LogP contribution in [-0.4, -0.2) is 31.1 Å². The second-order valence-corrected chi connectivity index (χ2v) is 7.30. The summed E-state index contributed by atoms with van der Waals surface area (Å²) in [6, 6.07) is 5.47. The molecule has 9 heteroatoms. The number of hydrogen-bond acceptors (Lipinski definition) is 4. The van der Waals surface area contributed by atoms with E-state index < -0.39 is 5.69 Å². The number of carbonyl (C=O) groups is 1. The average molecular weight is 430 g/mol. The van der Waals surface area contributed by atoms with Crippen LogP contribution in [0.5, 0.6) is 0 Å². The van der Waals surface area contributed by atoms with Gasteiger partial charge in [0.1, 0.15) is 0 Å². The maximum Gasteiger partial charge on any atom is 0.332 e. The van der Waals surface area contributed by atoms with E-state index in [0.29, 0.717) is 23.3 Å². The number of hydrogen-bond donors (Lipinski definition) is 1. The summed E-state index contributed by atoms with van der Waals surface area (Å²) in [5.74, 6) is -0.146. The summed E-state index contributed by atoms with van der Waals surface area (Å²) in [6.45, 7) is 0.448. The van der Waals surface area contributed by atoms with Gasteiger partial charge in [-0.25, -0.2) is 9.78 Å². The van der Waals surface area contributed by atoms with E-state index in [1.807, 2.05) is 12.1 Å². The second kappa shape index (κ2) is 6.34. The maximum absolute atomic E-state index is 12.8. The van der Waals surface area contributed by atoms with Crippen LogP contribution in [0.2, 0.25) is 0 Å². The Labute approximate surface area is 161 Å². The molecule has 0 bridgehead atoms. The number of benzene rings is 1. The van der Waals surface area contributed by atoms with E-state index in [-0.39, 0.29) is 18.0 Å². The standard InChI is InChI=1S/C18H16BrN5O3/c1-22-9-21-15-14(22)17(26)24(18(27)23(15)2)6-5-10-8-20-16(25)13-7-11(19)3-4-12(10)13/h3-5,7,9H,6,8H2,1-2H3,(H,20,25)/b10-5+. The van der Waals surface area contributed by atoms with Gasteiger partial charge < -0.3 is 9.88 Å².